The molecule has 9 heteroatoms. The summed E-state index contributed by atoms with van der Waals surface area (Å²) in [6.07, 6.45) is 1.07. The van der Waals surface area contributed by atoms with E-state index < -0.39 is 15.8 Å². The van der Waals surface area contributed by atoms with Gasteiger partial charge in [0.05, 0.1) is 12.2 Å². The van der Waals surface area contributed by atoms with Crippen LogP contribution in [0, 0.1) is 5.82 Å². The lowest BCUT2D eigenvalue weighted by Crippen LogP contribution is -2.46. The van der Waals surface area contributed by atoms with Gasteiger partial charge in [0.2, 0.25) is 10.0 Å². The molecular weight excluding hydrogens is 467 g/mol. The highest BCUT2D eigenvalue weighted by Gasteiger charge is 2.23. The summed E-state index contributed by atoms with van der Waals surface area (Å²) in [5.41, 5.74) is 0. The molecule has 1 aromatic rings. The van der Waals surface area contributed by atoms with Crippen molar-refractivity contribution < 1.29 is 17.5 Å². The average molecular weight is 488 g/mol. The third-order valence-electron chi connectivity index (χ3n) is 3.67. The van der Waals surface area contributed by atoms with E-state index >= 15 is 0 Å². The molecule has 1 aromatic carbocycles. The van der Waals surface area contributed by atoms with Gasteiger partial charge in [0.1, 0.15) is 10.7 Å². The second-order valence-corrected chi connectivity index (χ2v) is 9.38. The molecule has 1 heterocycles. The highest BCUT2D eigenvalue weighted by atomic mass is 79.9. The van der Waals surface area contributed by atoms with Crippen LogP contribution in [0.1, 0.15) is 20.3 Å². The van der Waals surface area contributed by atoms with Crippen LogP contribution in [-0.2, 0) is 14.8 Å². The molecule has 1 N–H and O–H groups in total. The summed E-state index contributed by atoms with van der Waals surface area (Å²) in [6.45, 7) is 6.90. The third-order valence-corrected chi connectivity index (χ3v) is 7.01. The average Bonchev–Trinajstić information content (AvgIpc) is 2.41. The summed E-state index contributed by atoms with van der Waals surface area (Å²) in [5.74, 6) is -0.511. The van der Waals surface area contributed by atoms with Gasteiger partial charge in [-0.1, -0.05) is 0 Å². The quantitative estimate of drug-likeness (QED) is 0.626. The van der Waals surface area contributed by atoms with Gasteiger partial charge < -0.3 is 4.74 Å². The van der Waals surface area contributed by atoms with Crippen molar-refractivity contribution in [2.45, 2.75) is 37.4 Å². The summed E-state index contributed by atoms with van der Waals surface area (Å²) < 4.78 is 46.7. The molecule has 2 rings (SSSR count). The molecule has 2 unspecified atom stereocenters. The van der Waals surface area contributed by atoms with Crippen LogP contribution in [0.15, 0.2) is 26.0 Å². The number of halogens is 3. The molecule has 1 fully saturated rings. The minimum atomic E-state index is -3.72. The van der Waals surface area contributed by atoms with Crippen molar-refractivity contribution in [2.75, 3.05) is 26.2 Å². The first-order valence-electron chi connectivity index (χ1n) is 7.71. The molecule has 2 atom stereocenters. The maximum absolute atomic E-state index is 13.3. The molecule has 1 saturated heterocycles. The number of hydrogen-bond acceptors (Lipinski definition) is 4. The second-order valence-electron chi connectivity index (χ2n) is 5.97. The van der Waals surface area contributed by atoms with E-state index in [9.17, 15) is 12.8 Å². The number of nitrogens with zero attached hydrogens (tertiary/aromatic N) is 1. The van der Waals surface area contributed by atoms with Crippen LogP contribution in [0.3, 0.4) is 0 Å². The van der Waals surface area contributed by atoms with Gasteiger partial charge in [0.15, 0.2) is 0 Å². The Bertz CT molecular complexity index is 654. The van der Waals surface area contributed by atoms with E-state index in [0.717, 1.165) is 31.8 Å². The fourth-order valence-electron chi connectivity index (χ4n) is 2.83. The highest BCUT2D eigenvalue weighted by molar-refractivity contribution is 9.11. The fraction of sp³-hybridized carbons (Fsp3) is 0.600. The number of hydrogen-bond donors (Lipinski definition) is 1. The number of morpholine rings is 1. The normalized spacial score (nSPS) is 22.7. The smallest absolute Gasteiger partial charge is 0.242 e. The molecular formula is C15H21Br2FN2O3S. The van der Waals surface area contributed by atoms with E-state index in [1.165, 1.54) is 0 Å². The van der Waals surface area contributed by atoms with Gasteiger partial charge in [-0.3, -0.25) is 4.90 Å². The van der Waals surface area contributed by atoms with Crippen LogP contribution < -0.4 is 4.72 Å². The Morgan fingerprint density at radius 2 is 1.79 bits per heavy atom. The van der Waals surface area contributed by atoms with Crippen molar-refractivity contribution in [3.63, 3.8) is 0 Å². The van der Waals surface area contributed by atoms with E-state index in [1.54, 1.807) is 0 Å². The maximum atomic E-state index is 13.3. The minimum Gasteiger partial charge on any atom is -0.373 e. The second kappa shape index (κ2) is 8.55. The molecule has 0 spiro atoms. The van der Waals surface area contributed by atoms with E-state index in [4.69, 9.17) is 4.74 Å². The van der Waals surface area contributed by atoms with Crippen LogP contribution in [0.5, 0.6) is 0 Å². The van der Waals surface area contributed by atoms with Gasteiger partial charge in [0, 0.05) is 28.6 Å². The lowest BCUT2D eigenvalue weighted by molar-refractivity contribution is -0.0679. The fourth-order valence-corrected chi connectivity index (χ4v) is 6.43. The van der Waals surface area contributed by atoms with Crippen LogP contribution in [0.2, 0.25) is 0 Å². The predicted molar refractivity (Wildman–Crippen MR) is 98.1 cm³/mol. The summed E-state index contributed by atoms with van der Waals surface area (Å²) in [6, 6.07) is 2.27. The standard InChI is InChI=1S/C15H21Br2FN2O3S/c1-10-8-20(9-11(2)23-10)5-3-4-19-24(21,22)15-13(16)6-12(18)7-14(15)17/h6-7,10-11,19H,3-5,8-9H2,1-2H3. The number of ether oxygens (including phenoxy) is 1. The number of benzene rings is 1. The minimum absolute atomic E-state index is 0.0116. The van der Waals surface area contributed by atoms with Gasteiger partial charge in [-0.25, -0.2) is 17.5 Å². The van der Waals surface area contributed by atoms with Crippen LogP contribution in [0.25, 0.3) is 0 Å². The Morgan fingerprint density at radius 1 is 1.25 bits per heavy atom. The third kappa shape index (κ3) is 5.47. The van der Waals surface area contributed by atoms with Crippen molar-refractivity contribution in [2.24, 2.45) is 0 Å². The zero-order valence-electron chi connectivity index (χ0n) is 13.6. The first-order chi connectivity index (χ1) is 11.2. The van der Waals surface area contributed by atoms with E-state index in [-0.39, 0.29) is 26.0 Å². The molecule has 0 radical (unpaired) electrons. The van der Waals surface area contributed by atoms with Crippen molar-refractivity contribution >= 4 is 41.9 Å². The molecule has 1 aliphatic heterocycles. The van der Waals surface area contributed by atoms with Crippen LogP contribution in [0.4, 0.5) is 4.39 Å². The lowest BCUT2D eigenvalue weighted by atomic mass is 10.2. The van der Waals surface area contributed by atoms with Crippen molar-refractivity contribution in [1.29, 1.82) is 0 Å². The van der Waals surface area contributed by atoms with Crippen LogP contribution in [-0.4, -0.2) is 51.7 Å². The Morgan fingerprint density at radius 3 is 2.33 bits per heavy atom. The lowest BCUT2D eigenvalue weighted by Gasteiger charge is -2.35. The van der Waals surface area contributed by atoms with Crippen molar-refractivity contribution in [1.82, 2.24) is 9.62 Å². The molecule has 136 valence electrons. The first-order valence-corrected chi connectivity index (χ1v) is 10.8. The Kier molecular flexibility index (Phi) is 7.21. The van der Waals surface area contributed by atoms with Gasteiger partial charge in [0.25, 0.3) is 0 Å². The largest absolute Gasteiger partial charge is 0.373 e. The molecule has 0 saturated carbocycles. The SMILES string of the molecule is CC1CN(CCCNS(=O)(=O)c2c(Br)cc(F)cc2Br)CC(C)O1. The zero-order chi connectivity index (χ0) is 17.9. The van der Waals surface area contributed by atoms with Gasteiger partial charge in [-0.05, 0) is 70.8 Å². The van der Waals surface area contributed by atoms with Gasteiger partial charge >= 0.3 is 0 Å². The highest BCUT2D eigenvalue weighted by Crippen LogP contribution is 2.30. The number of sulfonamides is 1. The molecule has 0 aliphatic carbocycles. The number of rotatable bonds is 6. The van der Waals surface area contributed by atoms with Gasteiger partial charge in [-0.15, -0.1) is 0 Å². The molecule has 0 amide bonds. The summed E-state index contributed by atoms with van der Waals surface area (Å²) in [4.78, 5) is 2.29. The summed E-state index contributed by atoms with van der Waals surface area (Å²) in [7, 11) is -3.72. The Balaban J connectivity index is 1.90. The monoisotopic (exact) mass is 486 g/mol. The summed E-state index contributed by atoms with van der Waals surface area (Å²) in [5, 5.41) is 0. The number of nitrogens with one attached hydrogen (secondary N) is 1. The predicted octanol–water partition coefficient (Wildman–Crippen LogP) is 3.13. The maximum Gasteiger partial charge on any atom is 0.242 e. The topological polar surface area (TPSA) is 58.6 Å². The van der Waals surface area contributed by atoms with E-state index in [0.29, 0.717) is 13.0 Å². The molecule has 5 nitrogen and oxygen atoms in total. The molecule has 0 aromatic heterocycles. The molecule has 0 bridgehead atoms. The van der Waals surface area contributed by atoms with Crippen molar-refractivity contribution in [3.8, 4) is 0 Å². The Hall–Kier alpha value is -0.0600. The van der Waals surface area contributed by atoms with Gasteiger partial charge in [-0.2, -0.15) is 0 Å². The zero-order valence-corrected chi connectivity index (χ0v) is 17.5. The first kappa shape index (κ1) is 20.3. The molecule has 24 heavy (non-hydrogen) atoms. The molecule has 1 aliphatic rings. The Labute approximate surface area is 159 Å². The van der Waals surface area contributed by atoms with Crippen LogP contribution >= 0.6 is 31.9 Å². The van der Waals surface area contributed by atoms with Crippen molar-refractivity contribution in [3.05, 3.63) is 26.9 Å². The van der Waals surface area contributed by atoms with E-state index in [1.807, 2.05) is 13.8 Å². The summed E-state index contributed by atoms with van der Waals surface area (Å²) >= 11 is 6.21. The van der Waals surface area contributed by atoms with E-state index in [2.05, 4.69) is 41.5 Å².